The fourth-order valence-corrected chi connectivity index (χ4v) is 5.35. The number of aliphatic imine (C=N–C) groups is 1. The van der Waals surface area contributed by atoms with Crippen LogP contribution in [0.25, 0.3) is 0 Å². The number of fused-ring (bicyclic) bond motifs is 1. The molecule has 2 aromatic carbocycles. The predicted octanol–water partition coefficient (Wildman–Crippen LogP) is 5.86. The van der Waals surface area contributed by atoms with Gasteiger partial charge in [0, 0.05) is 24.1 Å². The first-order chi connectivity index (χ1) is 15.1. The zero-order chi connectivity index (χ0) is 21.8. The highest BCUT2D eigenvalue weighted by Crippen LogP contribution is 2.45. The molecule has 0 saturated heterocycles. The second-order valence-corrected chi connectivity index (χ2v) is 9.13. The third-order valence-corrected chi connectivity index (χ3v) is 7.24. The van der Waals surface area contributed by atoms with Crippen molar-refractivity contribution in [3.63, 3.8) is 0 Å². The normalized spacial score (nSPS) is 23.8. The third-order valence-electron chi connectivity index (χ3n) is 6.94. The van der Waals surface area contributed by atoms with Crippen LogP contribution in [0.15, 0.2) is 41.4 Å². The highest BCUT2D eigenvalue weighted by molar-refractivity contribution is 6.32. The van der Waals surface area contributed by atoms with E-state index in [1.54, 1.807) is 0 Å². The van der Waals surface area contributed by atoms with Gasteiger partial charge in [0.25, 0.3) is 0 Å². The van der Waals surface area contributed by atoms with Crippen LogP contribution in [-0.4, -0.2) is 25.0 Å². The molecule has 166 valence electrons. The molecule has 2 N–H and O–H groups in total. The average molecular weight is 441 g/mol. The van der Waals surface area contributed by atoms with Crippen LogP contribution < -0.4 is 15.2 Å². The van der Waals surface area contributed by atoms with Crippen molar-refractivity contribution >= 4 is 17.8 Å². The maximum absolute atomic E-state index is 6.72. The van der Waals surface area contributed by atoms with Gasteiger partial charge in [-0.15, -0.1) is 0 Å². The van der Waals surface area contributed by atoms with Crippen molar-refractivity contribution < 1.29 is 9.47 Å². The molecular weight excluding hydrogens is 408 g/mol. The Balaban J connectivity index is 1.51. The van der Waals surface area contributed by atoms with E-state index in [4.69, 9.17) is 26.8 Å². The molecule has 1 aliphatic heterocycles. The van der Waals surface area contributed by atoms with Crippen molar-refractivity contribution in [2.24, 2.45) is 10.7 Å². The maximum atomic E-state index is 6.72. The van der Waals surface area contributed by atoms with Crippen LogP contribution in [0.3, 0.4) is 0 Å². The maximum Gasteiger partial charge on any atom is 0.138 e. The van der Waals surface area contributed by atoms with Gasteiger partial charge in [0.1, 0.15) is 11.5 Å². The smallest absolute Gasteiger partial charge is 0.138 e. The van der Waals surface area contributed by atoms with Crippen LogP contribution >= 0.6 is 11.6 Å². The summed E-state index contributed by atoms with van der Waals surface area (Å²) < 4.78 is 12.2. The van der Waals surface area contributed by atoms with E-state index in [0.717, 1.165) is 50.0 Å². The first kappa shape index (κ1) is 22.2. The Kier molecular flexibility index (Phi) is 6.88. The molecule has 1 fully saturated rings. The minimum absolute atomic E-state index is 0.0438. The number of nitrogens with zero attached hydrogens (tertiary/aromatic N) is 1. The summed E-state index contributed by atoms with van der Waals surface area (Å²) in [6.45, 7) is 5.57. The standard InChI is InChI=1S/C26H33ClN2O2/c1-3-25(28)26(20-6-5-7-22(16-20)30-4-2)11-8-21(9-12-26)31-24-15-18-10-13-29-17-19(18)14-23(24)27/h5-7,13-16,21,25H,3-4,8-12,17,28H2,1-2H3. The molecule has 0 radical (unpaired) electrons. The molecule has 5 heteroatoms. The fourth-order valence-electron chi connectivity index (χ4n) is 5.12. The second kappa shape index (κ2) is 9.62. The fraction of sp³-hybridized carbons (Fsp3) is 0.500. The average Bonchev–Trinajstić information content (AvgIpc) is 2.80. The highest BCUT2D eigenvalue weighted by atomic mass is 35.5. The van der Waals surface area contributed by atoms with Crippen LogP contribution in [0, 0.1) is 0 Å². The first-order valence-corrected chi connectivity index (χ1v) is 11.9. The number of halogens is 1. The molecule has 0 aromatic heterocycles. The molecule has 4 rings (SSSR count). The van der Waals surface area contributed by atoms with Gasteiger partial charge in [-0.1, -0.05) is 30.7 Å². The Morgan fingerprint density at radius 3 is 2.71 bits per heavy atom. The van der Waals surface area contributed by atoms with E-state index in [-0.39, 0.29) is 17.6 Å². The summed E-state index contributed by atoms with van der Waals surface area (Å²) in [6, 6.07) is 12.7. The third kappa shape index (κ3) is 4.61. The summed E-state index contributed by atoms with van der Waals surface area (Å²) >= 11 is 6.54. The lowest BCUT2D eigenvalue weighted by molar-refractivity contribution is 0.103. The molecule has 0 amide bonds. The first-order valence-electron chi connectivity index (χ1n) is 11.5. The van der Waals surface area contributed by atoms with Gasteiger partial charge in [-0.05, 0) is 80.0 Å². The zero-order valence-electron chi connectivity index (χ0n) is 18.6. The van der Waals surface area contributed by atoms with Crippen molar-refractivity contribution in [2.75, 3.05) is 6.61 Å². The summed E-state index contributed by atoms with van der Waals surface area (Å²) in [5.74, 6) is 1.72. The van der Waals surface area contributed by atoms with Crippen LogP contribution in [0.2, 0.25) is 5.02 Å². The second-order valence-electron chi connectivity index (χ2n) is 8.73. The quantitative estimate of drug-likeness (QED) is 0.586. The van der Waals surface area contributed by atoms with E-state index in [1.807, 2.05) is 25.3 Å². The van der Waals surface area contributed by atoms with Crippen LogP contribution in [0.4, 0.5) is 0 Å². The van der Waals surface area contributed by atoms with Gasteiger partial charge in [-0.25, -0.2) is 0 Å². The van der Waals surface area contributed by atoms with Crippen LogP contribution in [-0.2, 0) is 18.4 Å². The number of nitrogens with two attached hydrogens (primary N) is 1. The SMILES string of the molecule is CCOc1cccc(C2(C(N)CC)CCC(Oc3cc4c(cc3Cl)CN=CC4)CC2)c1. The minimum atomic E-state index is -0.0438. The minimum Gasteiger partial charge on any atom is -0.494 e. The van der Waals surface area contributed by atoms with Crippen LogP contribution in [0.1, 0.15) is 62.6 Å². The molecular formula is C26H33ClN2O2. The van der Waals surface area contributed by atoms with Gasteiger partial charge in [0.05, 0.1) is 24.3 Å². The Morgan fingerprint density at radius 1 is 1.16 bits per heavy atom. The zero-order valence-corrected chi connectivity index (χ0v) is 19.3. The van der Waals surface area contributed by atoms with Crippen molar-refractivity contribution in [1.82, 2.24) is 0 Å². The number of benzene rings is 2. The lowest BCUT2D eigenvalue weighted by atomic mass is 9.64. The topological polar surface area (TPSA) is 56.8 Å². The molecule has 1 heterocycles. The van der Waals surface area contributed by atoms with E-state index in [0.29, 0.717) is 18.2 Å². The van der Waals surface area contributed by atoms with Crippen molar-refractivity contribution in [3.8, 4) is 11.5 Å². The van der Waals surface area contributed by atoms with Gasteiger partial charge in [0.2, 0.25) is 0 Å². The molecule has 1 atom stereocenters. The summed E-state index contributed by atoms with van der Waals surface area (Å²) in [5, 5.41) is 0.683. The number of hydrogen-bond donors (Lipinski definition) is 1. The van der Waals surface area contributed by atoms with Crippen molar-refractivity contribution in [1.29, 1.82) is 0 Å². The lowest BCUT2D eigenvalue weighted by Crippen LogP contribution is -2.48. The van der Waals surface area contributed by atoms with Crippen molar-refractivity contribution in [2.45, 2.75) is 76.5 Å². The largest absolute Gasteiger partial charge is 0.494 e. The molecule has 1 aliphatic carbocycles. The Bertz CT molecular complexity index is 935. The van der Waals surface area contributed by atoms with E-state index < -0.39 is 0 Å². The lowest BCUT2D eigenvalue weighted by Gasteiger charge is -2.44. The highest BCUT2D eigenvalue weighted by Gasteiger charge is 2.42. The molecule has 4 nitrogen and oxygen atoms in total. The van der Waals surface area contributed by atoms with Crippen LogP contribution in [0.5, 0.6) is 11.5 Å². The van der Waals surface area contributed by atoms with Gasteiger partial charge in [-0.2, -0.15) is 0 Å². The molecule has 0 bridgehead atoms. The van der Waals surface area contributed by atoms with Gasteiger partial charge in [-0.3, -0.25) is 4.99 Å². The van der Waals surface area contributed by atoms with Gasteiger partial charge < -0.3 is 15.2 Å². The number of ether oxygens (including phenoxy) is 2. The van der Waals surface area contributed by atoms with E-state index in [2.05, 4.69) is 36.2 Å². The summed E-state index contributed by atoms with van der Waals surface area (Å²) in [4.78, 5) is 4.35. The number of rotatable bonds is 7. The van der Waals surface area contributed by atoms with E-state index >= 15 is 0 Å². The Labute approximate surface area is 190 Å². The molecule has 0 spiro atoms. The predicted molar refractivity (Wildman–Crippen MR) is 128 cm³/mol. The molecule has 31 heavy (non-hydrogen) atoms. The molecule has 2 aliphatic rings. The molecule has 1 unspecified atom stereocenters. The van der Waals surface area contributed by atoms with Crippen molar-refractivity contribution in [3.05, 3.63) is 58.1 Å². The number of hydrogen-bond acceptors (Lipinski definition) is 4. The van der Waals surface area contributed by atoms with Gasteiger partial charge in [0.15, 0.2) is 0 Å². The van der Waals surface area contributed by atoms with Gasteiger partial charge >= 0.3 is 0 Å². The molecule has 1 saturated carbocycles. The summed E-state index contributed by atoms with van der Waals surface area (Å²) in [5.41, 5.74) is 10.4. The summed E-state index contributed by atoms with van der Waals surface area (Å²) in [7, 11) is 0. The molecule has 2 aromatic rings. The van der Waals surface area contributed by atoms with E-state index in [1.165, 1.54) is 16.7 Å². The Morgan fingerprint density at radius 2 is 1.97 bits per heavy atom. The Hall–Kier alpha value is -2.04. The summed E-state index contributed by atoms with van der Waals surface area (Å²) in [6.07, 6.45) is 7.83. The monoisotopic (exact) mass is 440 g/mol. The van der Waals surface area contributed by atoms with E-state index in [9.17, 15) is 0 Å².